The summed E-state index contributed by atoms with van der Waals surface area (Å²) in [6, 6.07) is 1.82. The Bertz CT molecular complexity index is 508. The molecule has 1 aromatic heterocycles. The Hall–Kier alpha value is -1.73. The molecule has 7 heteroatoms. The normalized spacial score (nSPS) is 28.7. The SMILES string of the molecule is C[C@H]1C[NH+](CC(=O)N2CCN(c3ncccn3)CC2)C[C@H](C)O1. The fourth-order valence-corrected chi connectivity index (χ4v) is 3.47. The summed E-state index contributed by atoms with van der Waals surface area (Å²) in [7, 11) is 0. The zero-order valence-corrected chi connectivity index (χ0v) is 13.9. The van der Waals surface area contributed by atoms with Crippen LogP contribution >= 0.6 is 0 Å². The Morgan fingerprint density at radius 2 is 1.78 bits per heavy atom. The van der Waals surface area contributed by atoms with E-state index < -0.39 is 0 Å². The number of amides is 1. The van der Waals surface area contributed by atoms with Gasteiger partial charge in [0.15, 0.2) is 6.54 Å². The minimum Gasteiger partial charge on any atom is -0.364 e. The molecule has 3 heterocycles. The number of nitrogens with zero attached hydrogens (tertiary/aromatic N) is 4. The number of piperazine rings is 1. The molecule has 0 saturated carbocycles. The van der Waals surface area contributed by atoms with Crippen molar-refractivity contribution in [2.45, 2.75) is 26.1 Å². The first kappa shape index (κ1) is 16.1. The summed E-state index contributed by atoms with van der Waals surface area (Å²) in [5.41, 5.74) is 0. The molecule has 3 rings (SSSR count). The zero-order valence-electron chi connectivity index (χ0n) is 13.9. The number of rotatable bonds is 3. The molecule has 1 amide bonds. The van der Waals surface area contributed by atoms with Crippen LogP contribution in [0.15, 0.2) is 18.5 Å². The number of aromatic nitrogens is 2. The van der Waals surface area contributed by atoms with Gasteiger partial charge in [0.1, 0.15) is 25.3 Å². The van der Waals surface area contributed by atoms with Crippen molar-refractivity contribution in [1.82, 2.24) is 14.9 Å². The average Bonchev–Trinajstić information content (AvgIpc) is 2.55. The maximum atomic E-state index is 12.5. The van der Waals surface area contributed by atoms with Crippen molar-refractivity contribution in [2.24, 2.45) is 0 Å². The average molecular weight is 320 g/mol. The Morgan fingerprint density at radius 1 is 1.17 bits per heavy atom. The monoisotopic (exact) mass is 320 g/mol. The molecule has 7 nitrogen and oxygen atoms in total. The molecule has 126 valence electrons. The van der Waals surface area contributed by atoms with Crippen molar-refractivity contribution in [3.63, 3.8) is 0 Å². The smallest absolute Gasteiger partial charge is 0.277 e. The number of nitrogens with one attached hydrogen (secondary N) is 1. The Labute approximate surface area is 137 Å². The van der Waals surface area contributed by atoms with Gasteiger partial charge in [0.2, 0.25) is 5.95 Å². The number of morpholine rings is 1. The number of hydrogen-bond donors (Lipinski definition) is 1. The van der Waals surface area contributed by atoms with E-state index in [1.807, 2.05) is 11.0 Å². The summed E-state index contributed by atoms with van der Waals surface area (Å²) in [4.78, 5) is 26.5. The highest BCUT2D eigenvalue weighted by Gasteiger charge is 2.30. The van der Waals surface area contributed by atoms with E-state index in [4.69, 9.17) is 4.74 Å². The van der Waals surface area contributed by atoms with Crippen LogP contribution in [0.4, 0.5) is 5.95 Å². The third-order valence-electron chi connectivity index (χ3n) is 4.49. The van der Waals surface area contributed by atoms with Gasteiger partial charge in [-0.05, 0) is 19.9 Å². The first-order chi connectivity index (χ1) is 11.1. The minimum absolute atomic E-state index is 0.230. The van der Waals surface area contributed by atoms with Crippen LogP contribution in [0.2, 0.25) is 0 Å². The maximum absolute atomic E-state index is 12.5. The van der Waals surface area contributed by atoms with Gasteiger partial charge in [-0.25, -0.2) is 9.97 Å². The lowest BCUT2D eigenvalue weighted by molar-refractivity contribution is -0.907. The van der Waals surface area contributed by atoms with Crippen LogP contribution < -0.4 is 9.80 Å². The molecule has 1 aromatic rings. The Kier molecular flexibility index (Phi) is 5.07. The van der Waals surface area contributed by atoms with Gasteiger partial charge in [-0.15, -0.1) is 0 Å². The minimum atomic E-state index is 0.230. The second-order valence-corrected chi connectivity index (χ2v) is 6.51. The highest BCUT2D eigenvalue weighted by molar-refractivity contribution is 5.77. The van der Waals surface area contributed by atoms with E-state index in [1.54, 1.807) is 12.4 Å². The number of carbonyl (C=O) groups is 1. The molecule has 2 fully saturated rings. The molecule has 2 aliphatic rings. The van der Waals surface area contributed by atoms with Crippen molar-refractivity contribution < 1.29 is 14.4 Å². The van der Waals surface area contributed by atoms with E-state index in [0.717, 1.165) is 45.2 Å². The summed E-state index contributed by atoms with van der Waals surface area (Å²) in [5, 5.41) is 0. The molecule has 0 spiro atoms. The van der Waals surface area contributed by atoms with Gasteiger partial charge < -0.3 is 19.4 Å². The third kappa shape index (κ3) is 4.17. The fourth-order valence-electron chi connectivity index (χ4n) is 3.47. The van der Waals surface area contributed by atoms with Crippen LogP contribution in [-0.4, -0.2) is 78.8 Å². The standard InChI is InChI=1S/C16H25N5O2/c1-13-10-19(11-14(2)23-13)12-15(22)20-6-8-21(9-7-20)16-17-4-3-5-18-16/h3-5,13-14H,6-12H2,1-2H3/p+1/t13-,14-/m0/s1. The molecule has 0 aliphatic carbocycles. The molecule has 23 heavy (non-hydrogen) atoms. The predicted molar refractivity (Wildman–Crippen MR) is 86.4 cm³/mol. The van der Waals surface area contributed by atoms with E-state index in [0.29, 0.717) is 6.54 Å². The highest BCUT2D eigenvalue weighted by atomic mass is 16.5. The van der Waals surface area contributed by atoms with Crippen LogP contribution in [0.25, 0.3) is 0 Å². The van der Waals surface area contributed by atoms with Crippen molar-refractivity contribution in [3.8, 4) is 0 Å². The number of hydrogen-bond acceptors (Lipinski definition) is 5. The lowest BCUT2D eigenvalue weighted by Crippen LogP contribution is -3.16. The quantitative estimate of drug-likeness (QED) is 0.759. The molecule has 0 unspecified atom stereocenters. The van der Waals surface area contributed by atoms with E-state index in [-0.39, 0.29) is 18.1 Å². The van der Waals surface area contributed by atoms with E-state index in [1.165, 1.54) is 4.90 Å². The first-order valence-corrected chi connectivity index (χ1v) is 8.40. The van der Waals surface area contributed by atoms with E-state index in [9.17, 15) is 4.79 Å². The van der Waals surface area contributed by atoms with Crippen molar-refractivity contribution in [3.05, 3.63) is 18.5 Å². The topological polar surface area (TPSA) is 63.0 Å². The number of quaternary nitrogens is 1. The van der Waals surface area contributed by atoms with Crippen LogP contribution in [0.5, 0.6) is 0 Å². The second-order valence-electron chi connectivity index (χ2n) is 6.51. The second kappa shape index (κ2) is 7.23. The lowest BCUT2D eigenvalue weighted by atomic mass is 10.2. The molecule has 2 aliphatic heterocycles. The lowest BCUT2D eigenvalue weighted by Gasteiger charge is -2.36. The van der Waals surface area contributed by atoms with E-state index >= 15 is 0 Å². The molecule has 1 N–H and O–H groups in total. The molecule has 0 radical (unpaired) electrons. The van der Waals surface area contributed by atoms with Gasteiger partial charge in [0.25, 0.3) is 5.91 Å². The zero-order chi connectivity index (χ0) is 16.2. The van der Waals surface area contributed by atoms with Crippen LogP contribution in [0.3, 0.4) is 0 Å². The first-order valence-electron chi connectivity index (χ1n) is 8.40. The predicted octanol–water partition coefficient (Wildman–Crippen LogP) is -1.18. The largest absolute Gasteiger partial charge is 0.364 e. The van der Waals surface area contributed by atoms with Gasteiger partial charge >= 0.3 is 0 Å². The van der Waals surface area contributed by atoms with Gasteiger partial charge in [-0.2, -0.15) is 0 Å². The van der Waals surface area contributed by atoms with Crippen molar-refractivity contribution in [1.29, 1.82) is 0 Å². The van der Waals surface area contributed by atoms with Crippen molar-refractivity contribution in [2.75, 3.05) is 50.7 Å². The Morgan fingerprint density at radius 3 is 2.39 bits per heavy atom. The third-order valence-corrected chi connectivity index (χ3v) is 4.49. The number of ether oxygens (including phenoxy) is 1. The van der Waals surface area contributed by atoms with Crippen LogP contribution in [0.1, 0.15) is 13.8 Å². The summed E-state index contributed by atoms with van der Waals surface area (Å²) in [5.74, 6) is 0.996. The van der Waals surface area contributed by atoms with Gasteiger partial charge in [-0.3, -0.25) is 4.79 Å². The summed E-state index contributed by atoms with van der Waals surface area (Å²) in [6.07, 6.45) is 3.97. The molecule has 0 aromatic carbocycles. The van der Waals surface area contributed by atoms with Gasteiger partial charge in [-0.1, -0.05) is 0 Å². The summed E-state index contributed by atoms with van der Waals surface area (Å²) < 4.78 is 5.74. The highest BCUT2D eigenvalue weighted by Crippen LogP contribution is 2.09. The van der Waals surface area contributed by atoms with Gasteiger partial charge in [0.05, 0.1) is 0 Å². The molecule has 2 saturated heterocycles. The Balaban J connectivity index is 1.48. The van der Waals surface area contributed by atoms with Gasteiger partial charge in [0, 0.05) is 38.6 Å². The van der Waals surface area contributed by atoms with Crippen LogP contribution in [0, 0.1) is 0 Å². The fraction of sp³-hybridized carbons (Fsp3) is 0.688. The number of anilines is 1. The number of carbonyl (C=O) groups excluding carboxylic acids is 1. The molecule has 2 atom stereocenters. The van der Waals surface area contributed by atoms with E-state index in [2.05, 4.69) is 28.7 Å². The summed E-state index contributed by atoms with van der Waals surface area (Å²) in [6.45, 7) is 9.62. The maximum Gasteiger partial charge on any atom is 0.277 e. The summed E-state index contributed by atoms with van der Waals surface area (Å²) >= 11 is 0. The molecule has 0 bridgehead atoms. The van der Waals surface area contributed by atoms with Crippen molar-refractivity contribution >= 4 is 11.9 Å². The molecular formula is C16H26N5O2+. The van der Waals surface area contributed by atoms with Crippen LogP contribution in [-0.2, 0) is 9.53 Å². The molecular weight excluding hydrogens is 294 g/mol.